The van der Waals surface area contributed by atoms with E-state index in [4.69, 9.17) is 34.8 Å². The number of hydrogen-bond donors (Lipinski definition) is 0. The molecule has 0 atom stereocenters. The van der Waals surface area contributed by atoms with E-state index in [1.807, 2.05) is 0 Å². The summed E-state index contributed by atoms with van der Waals surface area (Å²) in [6.45, 7) is 0. The molecule has 0 amide bonds. The van der Waals surface area contributed by atoms with Crippen LogP contribution in [0.3, 0.4) is 0 Å². The van der Waals surface area contributed by atoms with Crippen molar-refractivity contribution in [3.8, 4) is 0 Å². The summed E-state index contributed by atoms with van der Waals surface area (Å²) in [7, 11) is 0. The van der Waals surface area contributed by atoms with Crippen LogP contribution in [-0.4, -0.2) is 10.1 Å². The van der Waals surface area contributed by atoms with Crippen LogP contribution in [-0.2, 0) is 4.79 Å². The van der Waals surface area contributed by atoms with Crippen LogP contribution in [0.15, 0.2) is 0 Å². The summed E-state index contributed by atoms with van der Waals surface area (Å²) in [5, 5.41) is 0. The summed E-state index contributed by atoms with van der Waals surface area (Å²) in [4.78, 5) is 9.43. The van der Waals surface area contributed by atoms with Crippen molar-refractivity contribution in [2.24, 2.45) is 0 Å². The van der Waals surface area contributed by atoms with E-state index in [0.717, 1.165) is 0 Å². The number of carbonyl (C=O) groups excluding carboxylic acids is 1. The largest absolute Gasteiger partial charge is 5.00 e. The van der Waals surface area contributed by atoms with Gasteiger partial charge >= 0.3 is 9.90 Å². The molecule has 0 heterocycles. The SMILES string of the molecule is O=CC(Cl)(Cl)Cl.[P+5]. The maximum atomic E-state index is 9.43. The van der Waals surface area contributed by atoms with Crippen LogP contribution < -0.4 is 0 Å². The van der Waals surface area contributed by atoms with Gasteiger partial charge in [0, 0.05) is 0 Å². The van der Waals surface area contributed by atoms with Crippen molar-refractivity contribution in [2.75, 3.05) is 0 Å². The summed E-state index contributed by atoms with van der Waals surface area (Å²) in [6.07, 6.45) is 0.234. The second-order valence-electron chi connectivity index (χ2n) is 0.659. The van der Waals surface area contributed by atoms with Crippen molar-refractivity contribution in [2.45, 2.75) is 3.79 Å². The first-order valence-electron chi connectivity index (χ1n) is 1.09. The minimum absolute atomic E-state index is 0. The standard InChI is InChI=1S/C2HCl3O.P/c3-2(4,5)1-6;/h1H;/q;+5. The second-order valence-corrected chi connectivity index (χ2v) is 3.03. The molecule has 0 aromatic rings. The number of halogens is 3. The van der Waals surface area contributed by atoms with Crippen molar-refractivity contribution in [1.29, 1.82) is 0 Å². The third-order valence-corrected chi connectivity index (χ3v) is 0.401. The van der Waals surface area contributed by atoms with E-state index in [-0.39, 0.29) is 16.2 Å². The van der Waals surface area contributed by atoms with Crippen LogP contribution in [0.5, 0.6) is 0 Å². The van der Waals surface area contributed by atoms with Crippen LogP contribution in [0.4, 0.5) is 0 Å². The Morgan fingerprint density at radius 2 is 1.43 bits per heavy atom. The topological polar surface area (TPSA) is 17.1 Å². The Morgan fingerprint density at radius 3 is 1.43 bits per heavy atom. The number of alkyl halides is 3. The van der Waals surface area contributed by atoms with Crippen molar-refractivity contribution >= 4 is 51.0 Å². The Morgan fingerprint density at radius 1 is 1.29 bits per heavy atom. The molecule has 36 valence electrons. The van der Waals surface area contributed by atoms with Gasteiger partial charge < -0.3 is 0 Å². The third kappa shape index (κ3) is 10.9. The van der Waals surface area contributed by atoms with Gasteiger partial charge in [0.15, 0.2) is 6.29 Å². The van der Waals surface area contributed by atoms with Crippen LogP contribution in [0.2, 0.25) is 0 Å². The molecule has 0 N–H and O–H groups in total. The Hall–Kier alpha value is 0.970. The Kier molecular flexibility index (Phi) is 6.07. The van der Waals surface area contributed by atoms with E-state index in [2.05, 4.69) is 0 Å². The minimum atomic E-state index is -1.72. The van der Waals surface area contributed by atoms with Crippen LogP contribution in [0, 0.1) is 0 Å². The molecule has 0 fully saturated rings. The molecule has 0 aliphatic heterocycles. The molecule has 0 bridgehead atoms. The van der Waals surface area contributed by atoms with Gasteiger partial charge in [0.2, 0.25) is 3.79 Å². The average Bonchev–Trinajstić information content (AvgIpc) is 1.35. The van der Waals surface area contributed by atoms with Gasteiger partial charge in [-0.05, 0) is 0 Å². The fourth-order valence-electron chi connectivity index (χ4n) is 0. The van der Waals surface area contributed by atoms with Gasteiger partial charge in [-0.3, -0.25) is 4.79 Å². The zero-order chi connectivity index (χ0) is 5.21. The minimum Gasteiger partial charge on any atom is -0.299 e. The quantitative estimate of drug-likeness (QED) is 0.316. The molecule has 0 saturated carbocycles. The van der Waals surface area contributed by atoms with E-state index < -0.39 is 3.79 Å². The molecule has 0 rings (SSSR count). The molecule has 7 heavy (non-hydrogen) atoms. The molecule has 0 spiro atoms. The monoisotopic (exact) mass is 177 g/mol. The maximum Gasteiger partial charge on any atom is 5.00 e. The van der Waals surface area contributed by atoms with E-state index in [1.54, 1.807) is 0 Å². The predicted octanol–water partition coefficient (Wildman–Crippen LogP) is 2.42. The molecule has 0 aliphatic carbocycles. The maximum absolute atomic E-state index is 9.43. The zero-order valence-electron chi connectivity index (χ0n) is 3.07. The van der Waals surface area contributed by atoms with Gasteiger partial charge in [-0.15, -0.1) is 0 Å². The first kappa shape index (κ1) is 10.9. The number of hydrogen-bond acceptors (Lipinski definition) is 1. The summed E-state index contributed by atoms with van der Waals surface area (Å²) in [5.41, 5.74) is 0. The first-order chi connectivity index (χ1) is 2.56. The Balaban J connectivity index is 0. The second kappa shape index (κ2) is 3.91. The van der Waals surface area contributed by atoms with Crippen LogP contribution in [0.1, 0.15) is 0 Å². The molecule has 0 unspecified atom stereocenters. The van der Waals surface area contributed by atoms with Crippen molar-refractivity contribution in [1.82, 2.24) is 0 Å². The summed E-state index contributed by atoms with van der Waals surface area (Å²) in [5.74, 6) is 0. The van der Waals surface area contributed by atoms with Gasteiger partial charge in [-0.2, -0.15) is 0 Å². The van der Waals surface area contributed by atoms with Crippen molar-refractivity contribution < 1.29 is 4.79 Å². The molecule has 1 nitrogen and oxygen atoms in total. The average molecular weight is 178 g/mol. The fourth-order valence-corrected chi connectivity index (χ4v) is 0. The summed E-state index contributed by atoms with van der Waals surface area (Å²) >= 11 is 14.6. The molecular formula is C2HCl3OP+5. The van der Waals surface area contributed by atoms with Gasteiger partial charge in [0.25, 0.3) is 0 Å². The number of rotatable bonds is 0. The molecule has 0 aliphatic rings. The summed E-state index contributed by atoms with van der Waals surface area (Å²) < 4.78 is -1.72. The number of aldehydes is 1. The van der Waals surface area contributed by atoms with Crippen molar-refractivity contribution in [3.05, 3.63) is 0 Å². The van der Waals surface area contributed by atoms with E-state index in [0.29, 0.717) is 0 Å². The predicted molar refractivity (Wildman–Crippen MR) is 33.3 cm³/mol. The molecule has 0 radical (unpaired) electrons. The Bertz CT molecular complexity index is 58.4. The molecular weight excluding hydrogens is 177 g/mol. The number of carbonyl (C=O) groups is 1. The zero-order valence-corrected chi connectivity index (χ0v) is 6.23. The van der Waals surface area contributed by atoms with E-state index in [1.165, 1.54) is 0 Å². The van der Waals surface area contributed by atoms with Crippen LogP contribution >= 0.6 is 44.7 Å². The van der Waals surface area contributed by atoms with Gasteiger partial charge in [-0.25, -0.2) is 0 Å². The first-order valence-corrected chi connectivity index (χ1v) is 2.23. The normalized spacial score (nSPS) is 9.57. The van der Waals surface area contributed by atoms with Gasteiger partial charge in [-0.1, -0.05) is 34.8 Å². The van der Waals surface area contributed by atoms with Gasteiger partial charge in [0.05, 0.1) is 0 Å². The van der Waals surface area contributed by atoms with Crippen LogP contribution in [0.25, 0.3) is 0 Å². The molecule has 5 heteroatoms. The van der Waals surface area contributed by atoms with E-state index in [9.17, 15) is 4.79 Å². The van der Waals surface area contributed by atoms with Gasteiger partial charge in [0.1, 0.15) is 0 Å². The van der Waals surface area contributed by atoms with E-state index >= 15 is 0 Å². The Labute approximate surface area is 59.9 Å². The van der Waals surface area contributed by atoms with Crippen molar-refractivity contribution in [3.63, 3.8) is 0 Å². The molecule has 0 saturated heterocycles. The molecule has 0 aromatic carbocycles. The fraction of sp³-hybridized carbons (Fsp3) is 0.500. The third-order valence-electron chi connectivity index (χ3n) is 0.134. The summed E-state index contributed by atoms with van der Waals surface area (Å²) in [6, 6.07) is 0. The smallest absolute Gasteiger partial charge is 0.299 e. The molecule has 0 aromatic heterocycles.